The van der Waals surface area contributed by atoms with Crippen molar-refractivity contribution in [3.05, 3.63) is 42.2 Å². The van der Waals surface area contributed by atoms with Crippen LogP contribution >= 0.6 is 11.8 Å². The van der Waals surface area contributed by atoms with E-state index in [0.29, 0.717) is 12.5 Å². The van der Waals surface area contributed by atoms with Crippen LogP contribution in [0.15, 0.2) is 41.6 Å². The Morgan fingerprint density at radius 2 is 1.96 bits per heavy atom. The molecule has 3 rings (SSSR count). The molecule has 0 saturated carbocycles. The lowest BCUT2D eigenvalue weighted by molar-refractivity contribution is 0.328. The van der Waals surface area contributed by atoms with E-state index in [1.54, 1.807) is 12.4 Å². The molecular weight excluding hydrogens is 308 g/mol. The molecule has 1 fully saturated rings. The second kappa shape index (κ2) is 8.17. The smallest absolute Gasteiger partial charge is 0.257 e. The lowest BCUT2D eigenvalue weighted by Crippen LogP contribution is -2.44. The van der Waals surface area contributed by atoms with Gasteiger partial charge in [0.15, 0.2) is 5.82 Å². The largest absolute Gasteiger partial charge is 0.474 e. The van der Waals surface area contributed by atoms with E-state index in [0.717, 1.165) is 37.7 Å². The van der Waals surface area contributed by atoms with Gasteiger partial charge in [-0.1, -0.05) is 18.2 Å². The summed E-state index contributed by atoms with van der Waals surface area (Å²) in [6, 6.07) is 8.42. The summed E-state index contributed by atoms with van der Waals surface area (Å²) in [5.74, 6) is 2.39. The summed E-state index contributed by atoms with van der Waals surface area (Å²) in [5.41, 5.74) is 1.30. The average molecular weight is 330 g/mol. The van der Waals surface area contributed by atoms with E-state index in [1.165, 1.54) is 10.5 Å². The number of hydrogen-bond donors (Lipinski definition) is 1. The predicted octanol–water partition coefficient (Wildman–Crippen LogP) is 2.37. The van der Waals surface area contributed by atoms with E-state index in [-0.39, 0.29) is 0 Å². The first kappa shape index (κ1) is 16.1. The van der Waals surface area contributed by atoms with Crippen molar-refractivity contribution in [2.75, 3.05) is 43.4 Å². The molecule has 2 heterocycles. The number of benzene rings is 1. The van der Waals surface area contributed by atoms with E-state index < -0.39 is 0 Å². The van der Waals surface area contributed by atoms with Gasteiger partial charge in [0.05, 0.1) is 6.61 Å². The Hall–Kier alpha value is -1.79. The van der Waals surface area contributed by atoms with Gasteiger partial charge in [-0.3, -0.25) is 0 Å². The van der Waals surface area contributed by atoms with Crippen molar-refractivity contribution in [3.8, 4) is 5.88 Å². The van der Waals surface area contributed by atoms with Crippen LogP contribution in [0.1, 0.15) is 5.56 Å². The van der Waals surface area contributed by atoms with Gasteiger partial charge in [-0.05, 0) is 18.6 Å². The molecule has 1 aromatic carbocycles. The van der Waals surface area contributed by atoms with Crippen molar-refractivity contribution in [2.24, 2.45) is 0 Å². The van der Waals surface area contributed by atoms with Crippen molar-refractivity contribution in [2.45, 2.75) is 11.8 Å². The molecule has 0 atom stereocenters. The van der Waals surface area contributed by atoms with Crippen LogP contribution in [0.2, 0.25) is 0 Å². The van der Waals surface area contributed by atoms with E-state index in [9.17, 15) is 0 Å². The highest BCUT2D eigenvalue weighted by molar-refractivity contribution is 7.99. The topological polar surface area (TPSA) is 50.3 Å². The van der Waals surface area contributed by atoms with Gasteiger partial charge < -0.3 is 15.0 Å². The molecule has 1 aromatic heterocycles. The Balaban J connectivity index is 1.55. The van der Waals surface area contributed by atoms with Crippen LogP contribution in [0.25, 0.3) is 0 Å². The summed E-state index contributed by atoms with van der Waals surface area (Å²) >= 11 is 1.81. The number of rotatable bonds is 6. The van der Waals surface area contributed by atoms with E-state index in [1.807, 2.05) is 11.8 Å². The van der Waals surface area contributed by atoms with Gasteiger partial charge in [0.25, 0.3) is 5.88 Å². The molecule has 1 N–H and O–H groups in total. The monoisotopic (exact) mass is 330 g/mol. The highest BCUT2D eigenvalue weighted by Crippen LogP contribution is 2.24. The number of nitrogens with one attached hydrogen (secondary N) is 1. The Labute approximate surface area is 141 Å². The highest BCUT2D eigenvalue weighted by atomic mass is 32.2. The normalized spacial score (nSPS) is 14.7. The van der Waals surface area contributed by atoms with Crippen LogP contribution < -0.4 is 15.0 Å². The zero-order chi connectivity index (χ0) is 15.9. The number of nitrogens with zero attached hydrogens (tertiary/aromatic N) is 3. The van der Waals surface area contributed by atoms with Crippen molar-refractivity contribution in [3.63, 3.8) is 0 Å². The fraction of sp³-hybridized carbons (Fsp3) is 0.412. The number of aryl methyl sites for hydroxylation is 1. The first-order valence-corrected chi connectivity index (χ1v) is 8.91. The predicted molar refractivity (Wildman–Crippen MR) is 94.5 cm³/mol. The average Bonchev–Trinajstić information content (AvgIpc) is 2.61. The maximum atomic E-state index is 5.90. The van der Waals surface area contributed by atoms with Gasteiger partial charge in [-0.25, -0.2) is 9.97 Å². The lowest BCUT2D eigenvalue weighted by atomic mass is 10.2. The number of anilines is 1. The number of aromatic nitrogens is 2. The minimum Gasteiger partial charge on any atom is -0.474 e. The summed E-state index contributed by atoms with van der Waals surface area (Å²) < 4.78 is 5.90. The molecule has 0 unspecified atom stereocenters. The zero-order valence-electron chi connectivity index (χ0n) is 13.4. The highest BCUT2D eigenvalue weighted by Gasteiger charge is 2.17. The first-order valence-electron chi connectivity index (χ1n) is 7.92. The molecule has 2 aromatic rings. The van der Waals surface area contributed by atoms with Crippen molar-refractivity contribution < 1.29 is 4.74 Å². The summed E-state index contributed by atoms with van der Waals surface area (Å²) in [6.45, 7) is 6.57. The molecule has 5 nitrogen and oxygen atoms in total. The van der Waals surface area contributed by atoms with Gasteiger partial charge in [-0.15, -0.1) is 11.8 Å². The molecule has 6 heteroatoms. The molecule has 0 amide bonds. The number of thioether (sulfide) groups is 1. The standard InChI is InChI=1S/C17H22N4OS/c1-14-4-2-3-5-15(14)23-13-12-22-17-16(19-6-7-20-17)21-10-8-18-9-11-21/h2-7,18H,8-13H2,1H3. The summed E-state index contributed by atoms with van der Waals surface area (Å²) in [4.78, 5) is 12.3. The van der Waals surface area contributed by atoms with Crippen LogP contribution in [-0.4, -0.2) is 48.5 Å². The quantitative estimate of drug-likeness (QED) is 0.648. The van der Waals surface area contributed by atoms with E-state index in [2.05, 4.69) is 51.4 Å². The number of hydrogen-bond acceptors (Lipinski definition) is 6. The van der Waals surface area contributed by atoms with Crippen LogP contribution in [-0.2, 0) is 0 Å². The number of ether oxygens (including phenoxy) is 1. The van der Waals surface area contributed by atoms with Gasteiger partial charge in [0, 0.05) is 49.2 Å². The summed E-state index contributed by atoms with van der Waals surface area (Å²) in [5, 5.41) is 3.35. The Bertz CT molecular complexity index is 631. The summed E-state index contributed by atoms with van der Waals surface area (Å²) in [6.07, 6.45) is 3.42. The second-order valence-corrected chi connectivity index (χ2v) is 6.52. The Morgan fingerprint density at radius 3 is 2.78 bits per heavy atom. The van der Waals surface area contributed by atoms with Crippen LogP contribution in [0.5, 0.6) is 5.88 Å². The Kier molecular flexibility index (Phi) is 5.71. The minimum atomic E-state index is 0.622. The second-order valence-electron chi connectivity index (χ2n) is 5.38. The third-order valence-electron chi connectivity index (χ3n) is 3.74. The molecule has 0 bridgehead atoms. The SMILES string of the molecule is Cc1ccccc1SCCOc1nccnc1N1CCNCC1. The summed E-state index contributed by atoms with van der Waals surface area (Å²) in [7, 11) is 0. The van der Waals surface area contributed by atoms with Gasteiger partial charge in [0.1, 0.15) is 0 Å². The third-order valence-corrected chi connectivity index (χ3v) is 4.88. The Morgan fingerprint density at radius 1 is 1.17 bits per heavy atom. The molecule has 0 radical (unpaired) electrons. The molecule has 23 heavy (non-hydrogen) atoms. The fourth-order valence-electron chi connectivity index (χ4n) is 2.52. The van der Waals surface area contributed by atoms with Crippen molar-refractivity contribution in [1.29, 1.82) is 0 Å². The molecule has 122 valence electrons. The van der Waals surface area contributed by atoms with E-state index >= 15 is 0 Å². The molecule has 1 saturated heterocycles. The lowest BCUT2D eigenvalue weighted by Gasteiger charge is -2.28. The van der Waals surface area contributed by atoms with Crippen LogP contribution in [0.4, 0.5) is 5.82 Å². The number of piperazine rings is 1. The zero-order valence-corrected chi connectivity index (χ0v) is 14.2. The van der Waals surface area contributed by atoms with Crippen LogP contribution in [0.3, 0.4) is 0 Å². The fourth-order valence-corrected chi connectivity index (χ4v) is 3.38. The van der Waals surface area contributed by atoms with E-state index in [4.69, 9.17) is 4.74 Å². The van der Waals surface area contributed by atoms with Gasteiger partial charge >= 0.3 is 0 Å². The first-order chi connectivity index (χ1) is 11.3. The molecule has 0 spiro atoms. The molecular formula is C17H22N4OS. The molecule has 0 aliphatic carbocycles. The van der Waals surface area contributed by atoms with Gasteiger partial charge in [-0.2, -0.15) is 0 Å². The van der Waals surface area contributed by atoms with Crippen LogP contribution in [0, 0.1) is 6.92 Å². The maximum absolute atomic E-state index is 5.90. The molecule has 1 aliphatic rings. The van der Waals surface area contributed by atoms with Crippen molar-refractivity contribution in [1.82, 2.24) is 15.3 Å². The van der Waals surface area contributed by atoms with Crippen molar-refractivity contribution >= 4 is 17.6 Å². The van der Waals surface area contributed by atoms with Gasteiger partial charge in [0.2, 0.25) is 0 Å². The minimum absolute atomic E-state index is 0.622. The molecule has 1 aliphatic heterocycles. The maximum Gasteiger partial charge on any atom is 0.257 e. The third kappa shape index (κ3) is 4.36.